The van der Waals surface area contributed by atoms with Gasteiger partial charge in [0.25, 0.3) is 5.91 Å². The summed E-state index contributed by atoms with van der Waals surface area (Å²) in [5, 5.41) is 3.40. The number of aryl methyl sites for hydroxylation is 1. The maximum Gasteiger partial charge on any atom is 0.305 e. The molecule has 29 heavy (non-hydrogen) atoms. The van der Waals surface area contributed by atoms with Crippen LogP contribution in [0.1, 0.15) is 52.2 Å². The summed E-state index contributed by atoms with van der Waals surface area (Å²) >= 11 is 0. The van der Waals surface area contributed by atoms with Gasteiger partial charge in [-0.15, -0.1) is 12.4 Å². The minimum absolute atomic E-state index is 0. The molecule has 2 aromatic rings. The molecule has 0 aliphatic carbocycles. The Hall–Kier alpha value is -2.37. The number of methoxy groups -OCH3 is 1. The zero-order valence-electron chi connectivity index (χ0n) is 16.6. The number of rotatable bonds is 5. The number of carbonyl (C=O) groups is 2. The number of nitrogens with one attached hydrogen (secondary N) is 1. The third kappa shape index (κ3) is 4.62. The smallest absolute Gasteiger partial charge is 0.305 e. The first-order chi connectivity index (χ1) is 13.7. The van der Waals surface area contributed by atoms with Gasteiger partial charge in [-0.25, -0.2) is 0 Å². The largest absolute Gasteiger partial charge is 0.469 e. The highest BCUT2D eigenvalue weighted by atomic mass is 35.5. The van der Waals surface area contributed by atoms with E-state index in [9.17, 15) is 9.59 Å². The molecule has 2 aliphatic rings. The standard InChI is InChI=1S/C23H26N2O3.ClH/c1-28-22(26)9-4-16-2-7-20(8-3-16)25-15-19-6-5-18(14-21(19)23(25)27)17-10-12-24-13-11-17;/h2-3,5-8,14,17,24H,4,9-13,15H2,1H3;1H. The highest BCUT2D eigenvalue weighted by Gasteiger charge is 2.29. The van der Waals surface area contributed by atoms with Crippen LogP contribution in [0.25, 0.3) is 0 Å². The molecule has 0 aromatic heterocycles. The van der Waals surface area contributed by atoms with Crippen molar-refractivity contribution < 1.29 is 14.3 Å². The lowest BCUT2D eigenvalue weighted by Crippen LogP contribution is -2.26. The lowest BCUT2D eigenvalue weighted by atomic mass is 9.88. The van der Waals surface area contributed by atoms with E-state index in [0.29, 0.717) is 25.3 Å². The van der Waals surface area contributed by atoms with E-state index in [1.54, 1.807) is 0 Å². The Morgan fingerprint density at radius 1 is 1.14 bits per heavy atom. The quantitative estimate of drug-likeness (QED) is 0.755. The maximum atomic E-state index is 13.0. The van der Waals surface area contributed by atoms with E-state index in [0.717, 1.165) is 48.3 Å². The normalized spacial score (nSPS) is 16.3. The van der Waals surface area contributed by atoms with Crippen LogP contribution in [-0.2, 0) is 22.5 Å². The summed E-state index contributed by atoms with van der Waals surface area (Å²) in [6, 6.07) is 14.3. The van der Waals surface area contributed by atoms with Gasteiger partial charge >= 0.3 is 5.97 Å². The van der Waals surface area contributed by atoms with Gasteiger partial charge < -0.3 is 15.0 Å². The Morgan fingerprint density at radius 3 is 2.55 bits per heavy atom. The lowest BCUT2D eigenvalue weighted by Gasteiger charge is -2.23. The van der Waals surface area contributed by atoms with Gasteiger partial charge in [-0.2, -0.15) is 0 Å². The number of nitrogens with zero attached hydrogens (tertiary/aromatic N) is 1. The number of benzene rings is 2. The Labute approximate surface area is 177 Å². The SMILES string of the molecule is COC(=O)CCc1ccc(N2Cc3ccc(C4CCNCC4)cc3C2=O)cc1.Cl. The van der Waals surface area contributed by atoms with Crippen molar-refractivity contribution in [2.75, 3.05) is 25.1 Å². The molecule has 2 aromatic carbocycles. The van der Waals surface area contributed by atoms with Gasteiger partial charge in [-0.1, -0.05) is 24.3 Å². The van der Waals surface area contributed by atoms with Crippen molar-refractivity contribution in [1.29, 1.82) is 0 Å². The van der Waals surface area contributed by atoms with Gasteiger partial charge in [0.2, 0.25) is 0 Å². The third-order valence-corrected chi connectivity index (χ3v) is 5.84. The molecule has 5 nitrogen and oxygen atoms in total. The van der Waals surface area contributed by atoms with Gasteiger partial charge in [0.15, 0.2) is 0 Å². The first-order valence-electron chi connectivity index (χ1n) is 9.97. The fourth-order valence-electron chi connectivity index (χ4n) is 4.13. The monoisotopic (exact) mass is 414 g/mol. The first-order valence-corrected chi connectivity index (χ1v) is 9.97. The van der Waals surface area contributed by atoms with Gasteiger partial charge in [-0.05, 0) is 73.2 Å². The van der Waals surface area contributed by atoms with Gasteiger partial charge in [0.1, 0.15) is 0 Å². The number of anilines is 1. The molecule has 4 rings (SSSR count). The van der Waals surface area contributed by atoms with Crippen molar-refractivity contribution in [3.05, 3.63) is 64.7 Å². The van der Waals surface area contributed by atoms with E-state index < -0.39 is 0 Å². The predicted octanol–water partition coefficient (Wildman–Crippen LogP) is 3.84. The van der Waals surface area contributed by atoms with Crippen LogP contribution in [0.2, 0.25) is 0 Å². The second-order valence-electron chi connectivity index (χ2n) is 7.57. The molecule has 0 bridgehead atoms. The number of fused-ring (bicyclic) bond motifs is 1. The van der Waals surface area contributed by atoms with Crippen LogP contribution >= 0.6 is 12.4 Å². The molecule has 2 heterocycles. The summed E-state index contributed by atoms with van der Waals surface area (Å²) in [4.78, 5) is 26.2. The molecule has 0 atom stereocenters. The zero-order chi connectivity index (χ0) is 19.5. The van der Waals surface area contributed by atoms with E-state index in [2.05, 4.69) is 28.3 Å². The number of piperidine rings is 1. The van der Waals surface area contributed by atoms with Crippen molar-refractivity contribution in [1.82, 2.24) is 5.32 Å². The molecule has 1 amide bonds. The highest BCUT2D eigenvalue weighted by molar-refractivity contribution is 6.10. The van der Waals surface area contributed by atoms with Crippen molar-refractivity contribution in [3.63, 3.8) is 0 Å². The number of hydrogen-bond donors (Lipinski definition) is 1. The van der Waals surface area contributed by atoms with Crippen LogP contribution in [0, 0.1) is 0 Å². The molecule has 0 unspecified atom stereocenters. The highest BCUT2D eigenvalue weighted by Crippen LogP contribution is 2.33. The molecule has 1 saturated heterocycles. The maximum absolute atomic E-state index is 13.0. The fraction of sp³-hybridized carbons (Fsp3) is 0.391. The summed E-state index contributed by atoms with van der Waals surface area (Å²) in [5.74, 6) is 0.411. The van der Waals surface area contributed by atoms with Crippen LogP contribution < -0.4 is 10.2 Å². The lowest BCUT2D eigenvalue weighted by molar-refractivity contribution is -0.140. The average molecular weight is 415 g/mol. The number of carbonyl (C=O) groups excluding carboxylic acids is 2. The topological polar surface area (TPSA) is 58.6 Å². The first kappa shape index (κ1) is 21.3. The Balaban J connectivity index is 0.00000240. The molecule has 2 aliphatic heterocycles. The van der Waals surface area contributed by atoms with E-state index >= 15 is 0 Å². The molecule has 154 valence electrons. The van der Waals surface area contributed by atoms with Gasteiger partial charge in [0.05, 0.1) is 13.7 Å². The Kier molecular flexibility index (Phi) is 6.93. The van der Waals surface area contributed by atoms with Crippen LogP contribution in [-0.4, -0.2) is 32.1 Å². The van der Waals surface area contributed by atoms with Crippen LogP contribution in [0.15, 0.2) is 42.5 Å². The molecular formula is C23H27ClN2O3. The summed E-state index contributed by atoms with van der Waals surface area (Å²) in [7, 11) is 1.40. The summed E-state index contributed by atoms with van der Waals surface area (Å²) in [5.41, 5.74) is 5.18. The zero-order valence-corrected chi connectivity index (χ0v) is 17.5. The Bertz CT molecular complexity index is 876. The number of esters is 1. The molecule has 0 radical (unpaired) electrons. The molecule has 0 saturated carbocycles. The fourth-order valence-corrected chi connectivity index (χ4v) is 4.13. The number of hydrogen-bond acceptors (Lipinski definition) is 4. The third-order valence-electron chi connectivity index (χ3n) is 5.84. The summed E-state index contributed by atoms with van der Waals surface area (Å²) in [6.07, 6.45) is 3.26. The van der Waals surface area contributed by atoms with E-state index in [-0.39, 0.29) is 24.3 Å². The number of amides is 1. The molecule has 6 heteroatoms. The van der Waals surface area contributed by atoms with Crippen molar-refractivity contribution >= 4 is 30.0 Å². The van der Waals surface area contributed by atoms with Crippen LogP contribution in [0.4, 0.5) is 5.69 Å². The number of halogens is 1. The summed E-state index contributed by atoms with van der Waals surface area (Å²) < 4.78 is 4.68. The van der Waals surface area contributed by atoms with Crippen molar-refractivity contribution in [3.8, 4) is 0 Å². The minimum atomic E-state index is -0.209. The van der Waals surface area contributed by atoms with Crippen LogP contribution in [0.5, 0.6) is 0 Å². The second-order valence-corrected chi connectivity index (χ2v) is 7.57. The van der Waals surface area contributed by atoms with E-state index in [4.69, 9.17) is 0 Å². The van der Waals surface area contributed by atoms with Crippen molar-refractivity contribution in [2.24, 2.45) is 0 Å². The van der Waals surface area contributed by atoms with E-state index in [1.165, 1.54) is 12.7 Å². The van der Waals surface area contributed by atoms with Crippen molar-refractivity contribution in [2.45, 2.75) is 38.1 Å². The second kappa shape index (κ2) is 9.42. The molecule has 1 fully saturated rings. The van der Waals surface area contributed by atoms with E-state index in [1.807, 2.05) is 29.2 Å². The summed E-state index contributed by atoms with van der Waals surface area (Å²) in [6.45, 7) is 2.70. The van der Waals surface area contributed by atoms with Crippen LogP contribution in [0.3, 0.4) is 0 Å². The molecule has 1 N–H and O–H groups in total. The number of ether oxygens (including phenoxy) is 1. The molecule has 0 spiro atoms. The Morgan fingerprint density at radius 2 is 1.86 bits per heavy atom. The molecular weight excluding hydrogens is 388 g/mol. The average Bonchev–Trinajstić information content (AvgIpc) is 3.09. The minimum Gasteiger partial charge on any atom is -0.469 e. The predicted molar refractivity (Wildman–Crippen MR) is 116 cm³/mol. The van der Waals surface area contributed by atoms with Gasteiger partial charge in [-0.3, -0.25) is 9.59 Å². The van der Waals surface area contributed by atoms with Gasteiger partial charge in [0, 0.05) is 17.7 Å².